The first-order valence-electron chi connectivity index (χ1n) is 6.49. The smallest absolute Gasteiger partial charge is 0.255 e. The van der Waals surface area contributed by atoms with Gasteiger partial charge in [-0.25, -0.2) is 0 Å². The van der Waals surface area contributed by atoms with Crippen molar-refractivity contribution in [3.05, 3.63) is 71.3 Å². The lowest BCUT2D eigenvalue weighted by molar-refractivity contribution is 0.102. The van der Waals surface area contributed by atoms with E-state index in [2.05, 4.69) is 11.9 Å². The minimum Gasteiger partial charge on any atom is -0.489 e. The number of nitrogens with one attached hydrogen (secondary N) is 1. The number of hydrogen-bond acceptors (Lipinski definition) is 2. The van der Waals surface area contributed by atoms with E-state index in [1.54, 1.807) is 48.5 Å². The first kappa shape index (κ1) is 15.1. The molecule has 1 N–H and O–H groups in total. The molecule has 0 saturated carbocycles. The van der Waals surface area contributed by atoms with E-state index in [1.807, 2.05) is 6.92 Å². The van der Waals surface area contributed by atoms with Crippen LogP contribution in [0.2, 0.25) is 5.02 Å². The molecule has 0 aliphatic heterocycles. The lowest BCUT2D eigenvalue weighted by atomic mass is 10.2. The second-order valence-corrected chi connectivity index (χ2v) is 5.17. The lowest BCUT2D eigenvalue weighted by Gasteiger charge is -2.09. The van der Waals surface area contributed by atoms with Gasteiger partial charge in [-0.15, -0.1) is 0 Å². The summed E-state index contributed by atoms with van der Waals surface area (Å²) < 4.78 is 5.53. The van der Waals surface area contributed by atoms with Crippen molar-refractivity contribution in [3.8, 4) is 5.75 Å². The molecule has 4 heteroatoms. The number of amides is 1. The highest BCUT2D eigenvalue weighted by Gasteiger charge is 2.07. The molecule has 108 valence electrons. The Morgan fingerprint density at radius 3 is 2.71 bits per heavy atom. The van der Waals surface area contributed by atoms with Gasteiger partial charge >= 0.3 is 0 Å². The molecule has 21 heavy (non-hydrogen) atoms. The van der Waals surface area contributed by atoms with Crippen LogP contribution in [0.4, 0.5) is 5.69 Å². The van der Waals surface area contributed by atoms with E-state index in [1.165, 1.54) is 0 Å². The summed E-state index contributed by atoms with van der Waals surface area (Å²) in [5.41, 5.74) is 2.10. The standard InChI is InChI=1S/C17H16ClNO2/c1-12(2)11-21-16-8-3-5-13(9-16)17(20)19-15-7-4-6-14(18)10-15/h3-10H,1,11H2,2H3,(H,19,20). The molecule has 0 aliphatic rings. The van der Waals surface area contributed by atoms with E-state index in [0.717, 1.165) is 5.57 Å². The third-order valence-electron chi connectivity index (χ3n) is 2.66. The van der Waals surface area contributed by atoms with Crippen molar-refractivity contribution in [2.75, 3.05) is 11.9 Å². The van der Waals surface area contributed by atoms with Gasteiger partial charge in [0.2, 0.25) is 0 Å². The molecule has 1 amide bonds. The Kier molecular flexibility index (Phi) is 5.01. The Balaban J connectivity index is 2.08. The maximum Gasteiger partial charge on any atom is 0.255 e. The predicted molar refractivity (Wildman–Crippen MR) is 86.2 cm³/mol. The average molecular weight is 302 g/mol. The summed E-state index contributed by atoms with van der Waals surface area (Å²) in [6, 6.07) is 14.0. The molecular formula is C17H16ClNO2. The number of rotatable bonds is 5. The number of ether oxygens (including phenoxy) is 1. The largest absolute Gasteiger partial charge is 0.489 e. The number of benzene rings is 2. The van der Waals surface area contributed by atoms with Gasteiger partial charge < -0.3 is 10.1 Å². The third-order valence-corrected chi connectivity index (χ3v) is 2.90. The Hall–Kier alpha value is -2.26. The van der Waals surface area contributed by atoms with Gasteiger partial charge in [0.25, 0.3) is 5.91 Å². The molecule has 0 radical (unpaired) electrons. The van der Waals surface area contributed by atoms with Crippen molar-refractivity contribution in [3.63, 3.8) is 0 Å². The van der Waals surface area contributed by atoms with Crippen molar-refractivity contribution in [1.82, 2.24) is 0 Å². The molecule has 0 fully saturated rings. The number of carbonyl (C=O) groups excluding carboxylic acids is 1. The molecule has 0 aromatic heterocycles. The minimum atomic E-state index is -0.210. The van der Waals surface area contributed by atoms with E-state index in [9.17, 15) is 4.79 Å². The fraction of sp³-hybridized carbons (Fsp3) is 0.118. The second kappa shape index (κ2) is 6.95. The Morgan fingerprint density at radius 1 is 1.24 bits per heavy atom. The summed E-state index contributed by atoms with van der Waals surface area (Å²) >= 11 is 5.89. The molecule has 2 aromatic rings. The summed E-state index contributed by atoms with van der Waals surface area (Å²) in [5, 5.41) is 3.37. The molecular weight excluding hydrogens is 286 g/mol. The van der Waals surface area contributed by atoms with Gasteiger partial charge in [0.1, 0.15) is 12.4 Å². The van der Waals surface area contributed by atoms with Crippen LogP contribution in [0.3, 0.4) is 0 Å². The average Bonchev–Trinajstić information content (AvgIpc) is 2.45. The molecule has 0 aliphatic carbocycles. The van der Waals surface area contributed by atoms with Crippen LogP contribution in [-0.4, -0.2) is 12.5 Å². The van der Waals surface area contributed by atoms with Crippen LogP contribution in [0.1, 0.15) is 17.3 Å². The van der Waals surface area contributed by atoms with Crippen molar-refractivity contribution in [1.29, 1.82) is 0 Å². The molecule has 0 heterocycles. The van der Waals surface area contributed by atoms with Gasteiger partial charge in [-0.1, -0.05) is 30.3 Å². The van der Waals surface area contributed by atoms with E-state index in [0.29, 0.717) is 28.6 Å². The number of hydrogen-bond donors (Lipinski definition) is 1. The zero-order chi connectivity index (χ0) is 15.2. The van der Waals surface area contributed by atoms with E-state index >= 15 is 0 Å². The quantitative estimate of drug-likeness (QED) is 0.823. The molecule has 0 saturated heterocycles. The summed E-state index contributed by atoms with van der Waals surface area (Å²) in [6.07, 6.45) is 0. The van der Waals surface area contributed by atoms with Gasteiger partial charge in [-0.2, -0.15) is 0 Å². The van der Waals surface area contributed by atoms with Crippen molar-refractivity contribution < 1.29 is 9.53 Å². The van der Waals surface area contributed by atoms with Gasteiger partial charge in [0.15, 0.2) is 0 Å². The molecule has 0 atom stereocenters. The molecule has 2 rings (SSSR count). The van der Waals surface area contributed by atoms with Crippen LogP contribution in [0, 0.1) is 0 Å². The molecule has 3 nitrogen and oxygen atoms in total. The highest BCUT2D eigenvalue weighted by Crippen LogP contribution is 2.18. The topological polar surface area (TPSA) is 38.3 Å². The zero-order valence-corrected chi connectivity index (χ0v) is 12.5. The van der Waals surface area contributed by atoms with Crippen molar-refractivity contribution in [2.24, 2.45) is 0 Å². The Morgan fingerprint density at radius 2 is 2.00 bits per heavy atom. The van der Waals surface area contributed by atoms with Crippen LogP contribution >= 0.6 is 11.6 Å². The molecule has 0 bridgehead atoms. The van der Waals surface area contributed by atoms with Crippen LogP contribution in [-0.2, 0) is 0 Å². The highest BCUT2D eigenvalue weighted by molar-refractivity contribution is 6.30. The summed E-state index contributed by atoms with van der Waals surface area (Å²) in [4.78, 5) is 12.2. The first-order chi connectivity index (χ1) is 10.0. The normalized spacial score (nSPS) is 10.0. The Labute approximate surface area is 129 Å². The monoisotopic (exact) mass is 301 g/mol. The summed E-state index contributed by atoms with van der Waals surface area (Å²) in [7, 11) is 0. The van der Waals surface area contributed by atoms with Gasteiger partial charge in [0.05, 0.1) is 0 Å². The highest BCUT2D eigenvalue weighted by atomic mass is 35.5. The fourth-order valence-corrected chi connectivity index (χ4v) is 1.89. The number of carbonyl (C=O) groups is 1. The fourth-order valence-electron chi connectivity index (χ4n) is 1.70. The number of halogens is 1. The van der Waals surface area contributed by atoms with Crippen LogP contribution in [0.5, 0.6) is 5.75 Å². The minimum absolute atomic E-state index is 0.210. The van der Waals surface area contributed by atoms with Crippen molar-refractivity contribution >= 4 is 23.2 Å². The number of anilines is 1. The third kappa shape index (κ3) is 4.65. The predicted octanol–water partition coefficient (Wildman–Crippen LogP) is 4.55. The van der Waals surface area contributed by atoms with E-state index in [4.69, 9.17) is 16.3 Å². The lowest BCUT2D eigenvalue weighted by Crippen LogP contribution is -2.12. The summed E-state index contributed by atoms with van der Waals surface area (Å²) in [5.74, 6) is 0.426. The maximum absolute atomic E-state index is 12.2. The summed E-state index contributed by atoms with van der Waals surface area (Å²) in [6.45, 7) is 6.09. The molecule has 0 spiro atoms. The van der Waals surface area contributed by atoms with E-state index in [-0.39, 0.29) is 5.91 Å². The molecule has 2 aromatic carbocycles. The van der Waals surface area contributed by atoms with Crippen LogP contribution in [0.25, 0.3) is 0 Å². The first-order valence-corrected chi connectivity index (χ1v) is 6.86. The van der Waals surface area contributed by atoms with Crippen LogP contribution in [0.15, 0.2) is 60.7 Å². The molecule has 0 unspecified atom stereocenters. The maximum atomic E-state index is 12.2. The van der Waals surface area contributed by atoms with E-state index < -0.39 is 0 Å². The van der Waals surface area contributed by atoms with Crippen molar-refractivity contribution in [2.45, 2.75) is 6.92 Å². The van der Waals surface area contributed by atoms with Gasteiger partial charge in [-0.05, 0) is 48.9 Å². The SMILES string of the molecule is C=C(C)COc1cccc(C(=O)Nc2cccc(Cl)c2)c1. The Bertz CT molecular complexity index is 667. The van der Waals surface area contributed by atoms with Crippen LogP contribution < -0.4 is 10.1 Å². The van der Waals surface area contributed by atoms with Gasteiger partial charge in [-0.3, -0.25) is 4.79 Å². The zero-order valence-electron chi connectivity index (χ0n) is 11.7. The second-order valence-electron chi connectivity index (χ2n) is 4.74. The van der Waals surface area contributed by atoms with Gasteiger partial charge in [0, 0.05) is 16.3 Å².